The number of hydrogen-bond donors (Lipinski definition) is 0. The van der Waals surface area contributed by atoms with Crippen molar-refractivity contribution in [1.29, 1.82) is 0 Å². The lowest BCUT2D eigenvalue weighted by Gasteiger charge is -2.34. The first kappa shape index (κ1) is 14.3. The third-order valence-electron chi connectivity index (χ3n) is 3.77. The Bertz CT molecular complexity index is 625. The van der Waals surface area contributed by atoms with E-state index in [4.69, 9.17) is 9.47 Å². The predicted octanol–water partition coefficient (Wildman–Crippen LogP) is 1.59. The van der Waals surface area contributed by atoms with Crippen molar-refractivity contribution in [3.63, 3.8) is 0 Å². The first-order chi connectivity index (χ1) is 10.2. The molecule has 3 rings (SSSR count). The lowest BCUT2D eigenvalue weighted by Crippen LogP contribution is -2.43. The molecule has 114 valence electrons. The summed E-state index contributed by atoms with van der Waals surface area (Å²) in [6.45, 7) is 7.21. The number of ether oxygens (including phenoxy) is 2. The Morgan fingerprint density at radius 2 is 2.19 bits per heavy atom. The van der Waals surface area contributed by atoms with Crippen LogP contribution in [-0.4, -0.2) is 54.1 Å². The molecular formula is C15H22N4O2. The Labute approximate surface area is 124 Å². The van der Waals surface area contributed by atoms with Crippen LogP contribution in [0.15, 0.2) is 12.1 Å². The molecule has 21 heavy (non-hydrogen) atoms. The van der Waals surface area contributed by atoms with E-state index in [-0.39, 0.29) is 6.10 Å². The van der Waals surface area contributed by atoms with Gasteiger partial charge in [0.2, 0.25) is 0 Å². The van der Waals surface area contributed by atoms with E-state index in [0.29, 0.717) is 0 Å². The zero-order valence-electron chi connectivity index (χ0n) is 12.9. The number of methoxy groups -OCH3 is 1. The molecule has 1 atom stereocenters. The molecule has 0 aromatic carbocycles. The van der Waals surface area contributed by atoms with Crippen LogP contribution in [0.1, 0.15) is 17.8 Å². The summed E-state index contributed by atoms with van der Waals surface area (Å²) in [5, 5.41) is 4.56. The topological polar surface area (TPSA) is 51.9 Å². The summed E-state index contributed by atoms with van der Waals surface area (Å²) in [5.41, 5.74) is 2.90. The summed E-state index contributed by atoms with van der Waals surface area (Å²) >= 11 is 0. The molecule has 0 N–H and O–H groups in total. The molecule has 1 aliphatic heterocycles. The fraction of sp³-hybridized carbons (Fsp3) is 0.600. The lowest BCUT2D eigenvalue weighted by atomic mass is 10.2. The Kier molecular flexibility index (Phi) is 4.07. The van der Waals surface area contributed by atoms with Gasteiger partial charge in [-0.25, -0.2) is 4.98 Å². The van der Waals surface area contributed by atoms with E-state index in [2.05, 4.69) is 21.0 Å². The van der Waals surface area contributed by atoms with Gasteiger partial charge in [-0.05, 0) is 20.3 Å². The third-order valence-corrected chi connectivity index (χ3v) is 3.77. The van der Waals surface area contributed by atoms with Crippen molar-refractivity contribution < 1.29 is 9.47 Å². The van der Waals surface area contributed by atoms with Crippen LogP contribution >= 0.6 is 0 Å². The van der Waals surface area contributed by atoms with Gasteiger partial charge in [-0.1, -0.05) is 0 Å². The second-order valence-corrected chi connectivity index (χ2v) is 5.53. The maximum absolute atomic E-state index is 5.81. The molecular weight excluding hydrogens is 268 g/mol. The second kappa shape index (κ2) is 5.99. The summed E-state index contributed by atoms with van der Waals surface area (Å²) in [6.07, 6.45) is 1.12. The van der Waals surface area contributed by atoms with Gasteiger partial charge in [-0.3, -0.25) is 0 Å². The number of aryl methyl sites for hydroxylation is 2. The van der Waals surface area contributed by atoms with Gasteiger partial charge in [-0.2, -0.15) is 9.61 Å². The number of morpholine rings is 1. The summed E-state index contributed by atoms with van der Waals surface area (Å²) in [4.78, 5) is 6.87. The van der Waals surface area contributed by atoms with Gasteiger partial charge in [0.25, 0.3) is 0 Å². The van der Waals surface area contributed by atoms with Crippen LogP contribution < -0.4 is 4.90 Å². The summed E-state index contributed by atoms with van der Waals surface area (Å²) in [5.74, 6) is 1.09. The normalized spacial score (nSPS) is 19.4. The monoisotopic (exact) mass is 290 g/mol. The van der Waals surface area contributed by atoms with E-state index in [0.717, 1.165) is 55.6 Å². The lowest BCUT2D eigenvalue weighted by molar-refractivity contribution is 0.0188. The fourth-order valence-electron chi connectivity index (χ4n) is 2.77. The molecule has 0 radical (unpaired) electrons. The molecule has 6 heteroatoms. The van der Waals surface area contributed by atoms with E-state index in [1.807, 2.05) is 24.4 Å². The minimum atomic E-state index is 0.207. The molecule has 1 aliphatic rings. The smallest absolute Gasteiger partial charge is 0.157 e. The first-order valence-corrected chi connectivity index (χ1v) is 7.37. The largest absolute Gasteiger partial charge is 0.385 e. The van der Waals surface area contributed by atoms with Gasteiger partial charge in [0.1, 0.15) is 5.82 Å². The summed E-state index contributed by atoms with van der Waals surface area (Å²) in [6, 6.07) is 4.11. The van der Waals surface area contributed by atoms with Crippen molar-refractivity contribution in [3.05, 3.63) is 23.5 Å². The standard InChI is InChI=1S/C15H22N4O2/c1-11-9-15(19-14(16-11)8-12(2)17-19)18-5-7-21-13(10-18)4-6-20-3/h8-9,13H,4-7,10H2,1-3H3/t13-/m1/s1. The number of aromatic nitrogens is 3. The van der Waals surface area contributed by atoms with Crippen molar-refractivity contribution in [2.45, 2.75) is 26.4 Å². The number of rotatable bonds is 4. The molecule has 3 heterocycles. The highest BCUT2D eigenvalue weighted by Crippen LogP contribution is 2.21. The van der Waals surface area contributed by atoms with E-state index in [1.54, 1.807) is 7.11 Å². The van der Waals surface area contributed by atoms with Gasteiger partial charge in [0.05, 0.1) is 18.4 Å². The van der Waals surface area contributed by atoms with Crippen molar-refractivity contribution in [1.82, 2.24) is 14.6 Å². The molecule has 2 aromatic heterocycles. The van der Waals surface area contributed by atoms with Crippen molar-refractivity contribution >= 4 is 11.5 Å². The Balaban J connectivity index is 1.88. The number of nitrogens with zero attached hydrogens (tertiary/aromatic N) is 4. The maximum atomic E-state index is 5.81. The molecule has 0 saturated carbocycles. The van der Waals surface area contributed by atoms with E-state index in [1.165, 1.54) is 0 Å². The number of anilines is 1. The Hall–Kier alpha value is -1.66. The van der Waals surface area contributed by atoms with Crippen LogP contribution in [0, 0.1) is 13.8 Å². The van der Waals surface area contributed by atoms with E-state index in [9.17, 15) is 0 Å². The number of fused-ring (bicyclic) bond motifs is 1. The first-order valence-electron chi connectivity index (χ1n) is 7.37. The van der Waals surface area contributed by atoms with Gasteiger partial charge in [-0.15, -0.1) is 0 Å². The molecule has 2 aromatic rings. The minimum absolute atomic E-state index is 0.207. The average Bonchev–Trinajstić information content (AvgIpc) is 2.84. The molecule has 1 saturated heterocycles. The van der Waals surface area contributed by atoms with Gasteiger partial charge >= 0.3 is 0 Å². The SMILES string of the molecule is COCC[C@@H]1CN(c2cc(C)nc3cc(C)nn23)CCO1. The summed E-state index contributed by atoms with van der Waals surface area (Å²) < 4.78 is 12.9. The zero-order chi connectivity index (χ0) is 14.8. The molecule has 0 amide bonds. The van der Waals surface area contributed by atoms with Crippen LogP contribution in [0.2, 0.25) is 0 Å². The maximum Gasteiger partial charge on any atom is 0.157 e. The van der Waals surface area contributed by atoms with Crippen molar-refractivity contribution in [2.24, 2.45) is 0 Å². The highest BCUT2D eigenvalue weighted by molar-refractivity contribution is 5.52. The van der Waals surface area contributed by atoms with Gasteiger partial charge in [0, 0.05) is 44.6 Å². The molecule has 1 fully saturated rings. The van der Waals surface area contributed by atoms with Crippen LogP contribution in [0.4, 0.5) is 5.82 Å². The van der Waals surface area contributed by atoms with Crippen molar-refractivity contribution in [2.75, 3.05) is 38.3 Å². The fourth-order valence-corrected chi connectivity index (χ4v) is 2.77. The van der Waals surface area contributed by atoms with Gasteiger partial charge in [0.15, 0.2) is 5.65 Å². The predicted molar refractivity (Wildman–Crippen MR) is 80.9 cm³/mol. The average molecular weight is 290 g/mol. The van der Waals surface area contributed by atoms with Crippen LogP contribution in [0.5, 0.6) is 0 Å². The molecule has 0 bridgehead atoms. The Morgan fingerprint density at radius 3 is 3.00 bits per heavy atom. The molecule has 0 aliphatic carbocycles. The summed E-state index contributed by atoms with van der Waals surface area (Å²) in [7, 11) is 1.73. The number of hydrogen-bond acceptors (Lipinski definition) is 5. The van der Waals surface area contributed by atoms with Gasteiger partial charge < -0.3 is 14.4 Å². The quantitative estimate of drug-likeness (QED) is 0.856. The molecule has 6 nitrogen and oxygen atoms in total. The molecule has 0 unspecified atom stereocenters. The van der Waals surface area contributed by atoms with E-state index < -0.39 is 0 Å². The van der Waals surface area contributed by atoms with Crippen LogP contribution in [0.25, 0.3) is 5.65 Å². The highest BCUT2D eigenvalue weighted by atomic mass is 16.5. The van der Waals surface area contributed by atoms with Crippen molar-refractivity contribution in [3.8, 4) is 0 Å². The second-order valence-electron chi connectivity index (χ2n) is 5.53. The minimum Gasteiger partial charge on any atom is -0.385 e. The van der Waals surface area contributed by atoms with Crippen LogP contribution in [0.3, 0.4) is 0 Å². The highest BCUT2D eigenvalue weighted by Gasteiger charge is 2.23. The van der Waals surface area contributed by atoms with Crippen LogP contribution in [-0.2, 0) is 9.47 Å². The zero-order valence-corrected chi connectivity index (χ0v) is 12.9. The third kappa shape index (κ3) is 3.01. The Morgan fingerprint density at radius 1 is 1.33 bits per heavy atom. The van der Waals surface area contributed by atoms with E-state index >= 15 is 0 Å². The molecule has 0 spiro atoms.